The van der Waals surface area contributed by atoms with Crippen molar-refractivity contribution in [2.45, 2.75) is 84.6 Å². The maximum Gasteiger partial charge on any atom is 0.252 e. The highest BCUT2D eigenvalue weighted by Gasteiger charge is 2.21. The van der Waals surface area contributed by atoms with E-state index in [0.29, 0.717) is 49.4 Å². The van der Waals surface area contributed by atoms with Gasteiger partial charge in [0.2, 0.25) is 5.91 Å². The van der Waals surface area contributed by atoms with Gasteiger partial charge in [0.15, 0.2) is 0 Å². The summed E-state index contributed by atoms with van der Waals surface area (Å²) in [5, 5.41) is 9.60. The van der Waals surface area contributed by atoms with Gasteiger partial charge in [0.25, 0.3) is 5.91 Å². The van der Waals surface area contributed by atoms with E-state index in [1.165, 1.54) is 32.1 Å². The van der Waals surface area contributed by atoms with E-state index in [2.05, 4.69) is 29.8 Å². The lowest BCUT2D eigenvalue weighted by Crippen LogP contribution is -2.30. The maximum absolute atomic E-state index is 12.7. The van der Waals surface area contributed by atoms with Gasteiger partial charge in [0.1, 0.15) is 11.5 Å². The SMILES string of the molecule is CC(C)CC(=O)NCCCNC(=O)c1ccc2nc(C(C)C)c(NC3CCCCC3)n2c1. The molecule has 1 aliphatic rings. The summed E-state index contributed by atoms with van der Waals surface area (Å²) in [5.41, 5.74) is 2.52. The summed E-state index contributed by atoms with van der Waals surface area (Å²) in [6.45, 7) is 9.45. The molecule has 32 heavy (non-hydrogen) atoms. The van der Waals surface area contributed by atoms with Crippen molar-refractivity contribution in [3.8, 4) is 0 Å². The summed E-state index contributed by atoms with van der Waals surface area (Å²) in [6, 6.07) is 4.21. The van der Waals surface area contributed by atoms with Gasteiger partial charge in [-0.3, -0.25) is 14.0 Å². The molecule has 2 amide bonds. The van der Waals surface area contributed by atoms with Crippen LogP contribution in [-0.4, -0.2) is 40.3 Å². The van der Waals surface area contributed by atoms with Crippen LogP contribution in [0.15, 0.2) is 18.3 Å². The first-order valence-electron chi connectivity index (χ1n) is 12.2. The molecule has 0 aromatic carbocycles. The van der Waals surface area contributed by atoms with Crippen molar-refractivity contribution in [3.05, 3.63) is 29.6 Å². The smallest absolute Gasteiger partial charge is 0.252 e. The number of carbonyl (C=O) groups excluding carboxylic acids is 2. The molecule has 7 heteroatoms. The van der Waals surface area contributed by atoms with Crippen molar-refractivity contribution in [3.63, 3.8) is 0 Å². The van der Waals surface area contributed by atoms with Crippen molar-refractivity contribution in [1.82, 2.24) is 20.0 Å². The standard InChI is InChI=1S/C25H39N5O2/c1-17(2)15-22(31)26-13-8-14-27-25(32)19-11-12-21-29-23(18(3)4)24(30(21)16-19)28-20-9-6-5-7-10-20/h11-12,16-18,20,28H,5-10,13-15H2,1-4H3,(H,26,31)(H,27,32). The zero-order chi connectivity index (χ0) is 23.1. The van der Waals surface area contributed by atoms with Crippen LogP contribution in [0.2, 0.25) is 0 Å². The van der Waals surface area contributed by atoms with Crippen LogP contribution >= 0.6 is 0 Å². The van der Waals surface area contributed by atoms with Gasteiger partial charge >= 0.3 is 0 Å². The molecule has 1 aliphatic carbocycles. The number of fused-ring (bicyclic) bond motifs is 1. The number of anilines is 1. The molecule has 0 unspecified atom stereocenters. The molecule has 7 nitrogen and oxygen atoms in total. The Morgan fingerprint density at radius 2 is 1.78 bits per heavy atom. The van der Waals surface area contributed by atoms with Crippen LogP contribution in [0.4, 0.5) is 5.82 Å². The predicted molar refractivity (Wildman–Crippen MR) is 129 cm³/mol. The minimum absolute atomic E-state index is 0.0656. The number of imidazole rings is 1. The fraction of sp³-hybridized carbons (Fsp3) is 0.640. The third-order valence-corrected chi connectivity index (χ3v) is 5.96. The van der Waals surface area contributed by atoms with Gasteiger partial charge in [0, 0.05) is 31.7 Å². The van der Waals surface area contributed by atoms with Crippen LogP contribution in [0, 0.1) is 5.92 Å². The Morgan fingerprint density at radius 1 is 1.06 bits per heavy atom. The van der Waals surface area contributed by atoms with Gasteiger partial charge < -0.3 is 16.0 Å². The lowest BCUT2D eigenvalue weighted by molar-refractivity contribution is -0.121. The van der Waals surface area contributed by atoms with Crippen LogP contribution in [0.1, 0.15) is 94.6 Å². The summed E-state index contributed by atoms with van der Waals surface area (Å²) in [7, 11) is 0. The number of pyridine rings is 1. The lowest BCUT2D eigenvalue weighted by atomic mass is 9.95. The molecule has 2 aromatic heterocycles. The van der Waals surface area contributed by atoms with Gasteiger partial charge in [0.05, 0.1) is 11.3 Å². The number of hydrogen-bond donors (Lipinski definition) is 3. The average molecular weight is 442 g/mol. The fourth-order valence-electron chi connectivity index (χ4n) is 4.25. The normalized spacial score (nSPS) is 14.8. The number of nitrogens with one attached hydrogen (secondary N) is 3. The Balaban J connectivity index is 1.63. The van der Waals surface area contributed by atoms with Gasteiger partial charge in [-0.05, 0) is 43.2 Å². The molecule has 2 heterocycles. The Bertz CT molecular complexity index is 912. The summed E-state index contributed by atoms with van der Waals surface area (Å²) in [5.74, 6) is 1.62. The topological polar surface area (TPSA) is 87.5 Å². The zero-order valence-corrected chi connectivity index (χ0v) is 20.0. The highest BCUT2D eigenvalue weighted by Crippen LogP contribution is 2.29. The average Bonchev–Trinajstić information content (AvgIpc) is 3.11. The molecule has 0 aliphatic heterocycles. The van der Waals surface area contributed by atoms with E-state index in [1.807, 2.05) is 36.6 Å². The molecule has 0 spiro atoms. The molecule has 176 valence electrons. The second-order valence-electron chi connectivity index (χ2n) is 9.68. The van der Waals surface area contributed by atoms with Gasteiger partial charge in [-0.25, -0.2) is 4.98 Å². The zero-order valence-electron chi connectivity index (χ0n) is 20.0. The summed E-state index contributed by atoms with van der Waals surface area (Å²) in [4.78, 5) is 29.3. The molecule has 2 aromatic rings. The highest BCUT2D eigenvalue weighted by molar-refractivity contribution is 5.94. The van der Waals surface area contributed by atoms with Crippen LogP contribution in [0.5, 0.6) is 0 Å². The van der Waals surface area contributed by atoms with Crippen molar-refractivity contribution in [2.75, 3.05) is 18.4 Å². The quantitative estimate of drug-likeness (QED) is 0.474. The number of aromatic nitrogens is 2. The van der Waals surface area contributed by atoms with E-state index in [-0.39, 0.29) is 11.8 Å². The van der Waals surface area contributed by atoms with E-state index < -0.39 is 0 Å². The Morgan fingerprint density at radius 3 is 2.47 bits per heavy atom. The summed E-state index contributed by atoms with van der Waals surface area (Å²) < 4.78 is 2.03. The minimum Gasteiger partial charge on any atom is -0.367 e. The Hall–Kier alpha value is -2.57. The van der Waals surface area contributed by atoms with E-state index in [9.17, 15) is 9.59 Å². The molecule has 3 N–H and O–H groups in total. The molecule has 0 saturated heterocycles. The van der Waals surface area contributed by atoms with E-state index in [4.69, 9.17) is 4.98 Å². The molecule has 1 saturated carbocycles. The summed E-state index contributed by atoms with van der Waals surface area (Å²) in [6.07, 6.45) is 9.32. The second-order valence-corrected chi connectivity index (χ2v) is 9.68. The molecular formula is C25H39N5O2. The van der Waals surface area contributed by atoms with Crippen LogP contribution in [-0.2, 0) is 4.79 Å². The monoisotopic (exact) mass is 441 g/mol. The maximum atomic E-state index is 12.7. The highest BCUT2D eigenvalue weighted by atomic mass is 16.2. The van der Waals surface area contributed by atoms with Gasteiger partial charge in [-0.15, -0.1) is 0 Å². The van der Waals surface area contributed by atoms with Gasteiger partial charge in [-0.1, -0.05) is 47.0 Å². The Kier molecular flexibility index (Phi) is 8.53. The molecular weight excluding hydrogens is 402 g/mol. The second kappa shape index (κ2) is 11.3. The van der Waals surface area contributed by atoms with Crippen molar-refractivity contribution in [2.24, 2.45) is 5.92 Å². The molecule has 0 bridgehead atoms. The molecule has 0 atom stereocenters. The van der Waals surface area contributed by atoms with Crippen molar-refractivity contribution in [1.29, 1.82) is 0 Å². The van der Waals surface area contributed by atoms with Crippen molar-refractivity contribution < 1.29 is 9.59 Å². The lowest BCUT2D eigenvalue weighted by Gasteiger charge is -2.24. The third-order valence-electron chi connectivity index (χ3n) is 5.96. The first-order valence-corrected chi connectivity index (χ1v) is 12.2. The largest absolute Gasteiger partial charge is 0.367 e. The third kappa shape index (κ3) is 6.47. The number of carbonyl (C=O) groups is 2. The Labute approximate surface area is 191 Å². The number of hydrogen-bond acceptors (Lipinski definition) is 4. The van der Waals surface area contributed by atoms with E-state index in [1.54, 1.807) is 0 Å². The molecule has 0 radical (unpaired) electrons. The number of rotatable bonds is 10. The number of amides is 2. The molecule has 1 fully saturated rings. The van der Waals surface area contributed by atoms with Crippen LogP contribution in [0.25, 0.3) is 5.65 Å². The predicted octanol–water partition coefficient (Wildman–Crippen LogP) is 4.48. The number of nitrogens with zero attached hydrogens (tertiary/aromatic N) is 2. The fourth-order valence-corrected chi connectivity index (χ4v) is 4.25. The first-order chi connectivity index (χ1) is 15.3. The first kappa shape index (κ1) is 24.1. The van der Waals surface area contributed by atoms with Gasteiger partial charge in [-0.2, -0.15) is 0 Å². The van der Waals surface area contributed by atoms with Crippen LogP contribution < -0.4 is 16.0 Å². The van der Waals surface area contributed by atoms with Crippen molar-refractivity contribution >= 4 is 23.3 Å². The van der Waals surface area contributed by atoms with E-state index >= 15 is 0 Å². The van der Waals surface area contributed by atoms with Crippen LogP contribution in [0.3, 0.4) is 0 Å². The summed E-state index contributed by atoms with van der Waals surface area (Å²) >= 11 is 0. The molecule has 3 rings (SSSR count). The minimum atomic E-state index is -0.108. The van der Waals surface area contributed by atoms with E-state index in [0.717, 1.165) is 17.2 Å².